The van der Waals surface area contributed by atoms with Gasteiger partial charge in [0.2, 0.25) is 0 Å². The van der Waals surface area contributed by atoms with Gasteiger partial charge >= 0.3 is 5.97 Å². The minimum atomic E-state index is -0.570. The van der Waals surface area contributed by atoms with Crippen molar-refractivity contribution in [2.45, 2.75) is 6.92 Å². The zero-order chi connectivity index (χ0) is 11.3. The molecule has 0 amide bonds. The maximum atomic E-state index is 11.3. The number of hydrogen-bond acceptors (Lipinski definition) is 3. The third kappa shape index (κ3) is 3.75. The molecule has 1 aromatic carbocycles. The highest BCUT2D eigenvalue weighted by molar-refractivity contribution is 9.10. The number of rotatable bonds is 4. The van der Waals surface area contributed by atoms with Crippen LogP contribution < -0.4 is 4.74 Å². The predicted octanol–water partition coefficient (Wildman–Crippen LogP) is 2.90. The van der Waals surface area contributed by atoms with Crippen molar-refractivity contribution in [3.8, 4) is 5.75 Å². The Balaban J connectivity index is 2.58. The topological polar surface area (TPSA) is 35.5 Å². The number of carbonyl (C=O) groups excluding carboxylic acids is 1. The number of ether oxygens (including phenoxy) is 2. The van der Waals surface area contributed by atoms with Crippen molar-refractivity contribution in [3.63, 3.8) is 0 Å². The second-order valence-electron chi connectivity index (χ2n) is 2.70. The molecule has 0 saturated heterocycles. The summed E-state index contributed by atoms with van der Waals surface area (Å²) in [5, 5.41) is 0. The second-order valence-corrected chi connectivity index (χ2v) is 3.62. The zero-order valence-corrected chi connectivity index (χ0v) is 9.91. The molecule has 0 atom stereocenters. The maximum Gasteiger partial charge on any atom is 0.378 e. The molecule has 0 aliphatic carbocycles. The molecule has 0 saturated carbocycles. The zero-order valence-electron chi connectivity index (χ0n) is 8.33. The first-order valence-electron chi connectivity index (χ1n) is 4.43. The van der Waals surface area contributed by atoms with Crippen LogP contribution in [0.1, 0.15) is 6.92 Å². The van der Waals surface area contributed by atoms with E-state index in [4.69, 9.17) is 9.47 Å². The Morgan fingerprint density at radius 3 is 2.53 bits per heavy atom. The van der Waals surface area contributed by atoms with Crippen LogP contribution in [0, 0.1) is 0 Å². The predicted molar refractivity (Wildman–Crippen MR) is 60.5 cm³/mol. The lowest BCUT2D eigenvalue weighted by Gasteiger charge is -2.06. The van der Waals surface area contributed by atoms with Crippen molar-refractivity contribution in [2.75, 3.05) is 6.61 Å². The van der Waals surface area contributed by atoms with Crippen molar-refractivity contribution in [3.05, 3.63) is 41.1 Å². The van der Waals surface area contributed by atoms with E-state index >= 15 is 0 Å². The number of halogens is 1. The van der Waals surface area contributed by atoms with Crippen LogP contribution in [0.5, 0.6) is 5.75 Å². The van der Waals surface area contributed by atoms with E-state index in [9.17, 15) is 4.79 Å². The average Bonchev–Trinajstić information content (AvgIpc) is 2.22. The Morgan fingerprint density at radius 2 is 2.00 bits per heavy atom. The molecule has 0 aromatic heterocycles. The molecule has 0 unspecified atom stereocenters. The van der Waals surface area contributed by atoms with Crippen LogP contribution in [0.2, 0.25) is 0 Å². The highest BCUT2D eigenvalue weighted by Gasteiger charge is 2.10. The Bertz CT molecular complexity index is 357. The van der Waals surface area contributed by atoms with Gasteiger partial charge in [0, 0.05) is 4.47 Å². The SMILES string of the molecule is C=C(OCC)C(=O)Oc1ccc(Br)cc1. The van der Waals surface area contributed by atoms with Crippen molar-refractivity contribution in [2.24, 2.45) is 0 Å². The van der Waals surface area contributed by atoms with E-state index in [1.54, 1.807) is 31.2 Å². The highest BCUT2D eigenvalue weighted by Crippen LogP contribution is 2.17. The Kier molecular flexibility index (Phi) is 4.37. The minimum absolute atomic E-state index is 0.0143. The molecular formula is C11H11BrO3. The first kappa shape index (κ1) is 11.8. The molecule has 0 aliphatic rings. The smallest absolute Gasteiger partial charge is 0.378 e. The van der Waals surface area contributed by atoms with Crippen LogP contribution in [-0.2, 0) is 9.53 Å². The summed E-state index contributed by atoms with van der Waals surface area (Å²) < 4.78 is 10.8. The third-order valence-corrected chi connectivity index (χ3v) is 2.10. The number of benzene rings is 1. The van der Waals surface area contributed by atoms with Crippen molar-refractivity contribution in [1.29, 1.82) is 0 Å². The third-order valence-electron chi connectivity index (χ3n) is 1.57. The molecule has 1 rings (SSSR count). The van der Waals surface area contributed by atoms with Crippen LogP contribution in [0.15, 0.2) is 41.1 Å². The molecule has 80 valence electrons. The maximum absolute atomic E-state index is 11.3. The second kappa shape index (κ2) is 5.56. The summed E-state index contributed by atoms with van der Waals surface area (Å²) in [7, 11) is 0. The summed E-state index contributed by atoms with van der Waals surface area (Å²) in [6.45, 7) is 5.63. The fourth-order valence-corrected chi connectivity index (χ4v) is 1.16. The van der Waals surface area contributed by atoms with Gasteiger partial charge in [0.25, 0.3) is 0 Å². The molecule has 0 aliphatic heterocycles. The summed E-state index contributed by atoms with van der Waals surface area (Å²) >= 11 is 3.28. The fraction of sp³-hybridized carbons (Fsp3) is 0.182. The van der Waals surface area contributed by atoms with Gasteiger partial charge in [0.05, 0.1) is 6.61 Å². The van der Waals surface area contributed by atoms with Crippen molar-refractivity contribution in [1.82, 2.24) is 0 Å². The van der Waals surface area contributed by atoms with E-state index in [0.717, 1.165) is 4.47 Å². The Hall–Kier alpha value is -1.29. The van der Waals surface area contributed by atoms with Crippen LogP contribution >= 0.6 is 15.9 Å². The van der Waals surface area contributed by atoms with Gasteiger partial charge in [-0.1, -0.05) is 15.9 Å². The summed E-state index contributed by atoms with van der Waals surface area (Å²) in [5.74, 6) is -0.0938. The summed E-state index contributed by atoms with van der Waals surface area (Å²) in [6, 6.07) is 6.93. The number of carbonyl (C=O) groups is 1. The molecule has 0 bridgehead atoms. The highest BCUT2D eigenvalue weighted by atomic mass is 79.9. The van der Waals surface area contributed by atoms with Crippen molar-refractivity contribution < 1.29 is 14.3 Å². The Labute approximate surface area is 96.8 Å². The average molecular weight is 271 g/mol. The molecule has 3 nitrogen and oxygen atoms in total. The van der Waals surface area contributed by atoms with E-state index < -0.39 is 5.97 Å². The first-order chi connectivity index (χ1) is 7.13. The van der Waals surface area contributed by atoms with Gasteiger partial charge in [-0.3, -0.25) is 0 Å². The van der Waals surface area contributed by atoms with Crippen molar-refractivity contribution >= 4 is 21.9 Å². The summed E-state index contributed by atoms with van der Waals surface area (Å²) in [6.07, 6.45) is 0. The largest absolute Gasteiger partial charge is 0.487 e. The quantitative estimate of drug-likeness (QED) is 0.365. The molecule has 15 heavy (non-hydrogen) atoms. The standard InChI is InChI=1S/C11H11BrO3/c1-3-14-8(2)11(13)15-10-6-4-9(12)5-7-10/h4-7H,2-3H2,1H3. The van der Waals surface area contributed by atoms with E-state index in [-0.39, 0.29) is 5.76 Å². The molecule has 4 heteroatoms. The summed E-state index contributed by atoms with van der Waals surface area (Å²) in [5.41, 5.74) is 0. The summed E-state index contributed by atoms with van der Waals surface area (Å²) in [4.78, 5) is 11.3. The van der Waals surface area contributed by atoms with Gasteiger partial charge in [-0.25, -0.2) is 4.79 Å². The van der Waals surface area contributed by atoms with Crippen LogP contribution in [0.4, 0.5) is 0 Å². The van der Waals surface area contributed by atoms with Crippen LogP contribution in [-0.4, -0.2) is 12.6 Å². The minimum Gasteiger partial charge on any atom is -0.487 e. The van der Waals surface area contributed by atoms with Gasteiger partial charge in [-0.2, -0.15) is 0 Å². The van der Waals surface area contributed by atoms with E-state index in [1.807, 2.05) is 0 Å². The fourth-order valence-electron chi connectivity index (χ4n) is 0.900. The Morgan fingerprint density at radius 1 is 1.40 bits per heavy atom. The van der Waals surface area contributed by atoms with Gasteiger partial charge in [0.15, 0.2) is 5.76 Å². The van der Waals surface area contributed by atoms with Gasteiger partial charge in [0.1, 0.15) is 5.75 Å². The normalized spacial score (nSPS) is 9.47. The van der Waals surface area contributed by atoms with E-state index in [1.165, 1.54) is 0 Å². The molecule has 0 fully saturated rings. The molecule has 1 aromatic rings. The molecule has 0 radical (unpaired) electrons. The lowest BCUT2D eigenvalue weighted by atomic mass is 10.3. The number of hydrogen-bond donors (Lipinski definition) is 0. The number of esters is 1. The monoisotopic (exact) mass is 270 g/mol. The lowest BCUT2D eigenvalue weighted by Crippen LogP contribution is -2.12. The molecular weight excluding hydrogens is 260 g/mol. The molecule has 0 N–H and O–H groups in total. The van der Waals surface area contributed by atoms with Crippen LogP contribution in [0.3, 0.4) is 0 Å². The van der Waals surface area contributed by atoms with E-state index in [0.29, 0.717) is 12.4 Å². The molecule has 0 heterocycles. The van der Waals surface area contributed by atoms with Gasteiger partial charge in [-0.15, -0.1) is 0 Å². The van der Waals surface area contributed by atoms with Gasteiger partial charge < -0.3 is 9.47 Å². The van der Waals surface area contributed by atoms with Gasteiger partial charge in [-0.05, 0) is 37.8 Å². The van der Waals surface area contributed by atoms with E-state index in [2.05, 4.69) is 22.5 Å². The lowest BCUT2D eigenvalue weighted by molar-refractivity contribution is -0.133. The van der Waals surface area contributed by atoms with Crippen LogP contribution in [0.25, 0.3) is 0 Å². The molecule has 0 spiro atoms. The first-order valence-corrected chi connectivity index (χ1v) is 5.22.